The van der Waals surface area contributed by atoms with Crippen LogP contribution in [0.1, 0.15) is 46.0 Å². The van der Waals surface area contributed by atoms with Crippen molar-refractivity contribution in [2.75, 3.05) is 19.8 Å². The molecule has 0 fully saturated rings. The lowest BCUT2D eigenvalue weighted by molar-refractivity contribution is -0.129. The van der Waals surface area contributed by atoms with Crippen LogP contribution in [0.15, 0.2) is 12.7 Å². The van der Waals surface area contributed by atoms with Gasteiger partial charge in [0.2, 0.25) is 5.91 Å². The van der Waals surface area contributed by atoms with Gasteiger partial charge in [-0.2, -0.15) is 5.26 Å². The summed E-state index contributed by atoms with van der Waals surface area (Å²) in [5.74, 6) is -0.161. The summed E-state index contributed by atoms with van der Waals surface area (Å²) in [5.41, 5.74) is -0.870. The SMILES string of the molecule is C=CCCOCCNC(=O)C(C#N)(CCC)CCC. The van der Waals surface area contributed by atoms with Crippen LogP contribution in [0, 0.1) is 16.7 Å². The molecule has 1 amide bonds. The first-order valence-electron chi connectivity index (χ1n) is 7.05. The molecule has 0 rings (SSSR count). The van der Waals surface area contributed by atoms with E-state index in [0.29, 0.717) is 32.6 Å². The molecule has 0 aliphatic heterocycles. The van der Waals surface area contributed by atoms with Crippen LogP contribution in [-0.4, -0.2) is 25.7 Å². The molecule has 0 aromatic carbocycles. The molecular weight excluding hydrogens is 240 g/mol. The first kappa shape index (κ1) is 17.7. The molecule has 0 saturated carbocycles. The Hall–Kier alpha value is -1.34. The maximum atomic E-state index is 12.2. The minimum absolute atomic E-state index is 0.161. The molecule has 0 aromatic rings. The van der Waals surface area contributed by atoms with Gasteiger partial charge >= 0.3 is 0 Å². The molecular formula is C15H26N2O2. The van der Waals surface area contributed by atoms with Crippen molar-refractivity contribution in [1.29, 1.82) is 5.26 Å². The molecule has 0 aromatic heterocycles. The van der Waals surface area contributed by atoms with Gasteiger partial charge < -0.3 is 10.1 Å². The third-order valence-corrected chi connectivity index (χ3v) is 3.00. The smallest absolute Gasteiger partial charge is 0.240 e. The van der Waals surface area contributed by atoms with Gasteiger partial charge in [0, 0.05) is 6.54 Å². The third-order valence-electron chi connectivity index (χ3n) is 3.00. The Bertz CT molecular complexity index is 302. The number of rotatable bonds is 11. The fourth-order valence-corrected chi connectivity index (χ4v) is 2.04. The van der Waals surface area contributed by atoms with E-state index < -0.39 is 5.41 Å². The standard InChI is InChI=1S/C15H26N2O2/c1-4-7-11-19-12-10-17-14(18)15(13-16,8-5-2)9-6-3/h4H,1,5-12H2,2-3H3,(H,17,18). The quantitative estimate of drug-likeness (QED) is 0.462. The van der Waals surface area contributed by atoms with Crippen molar-refractivity contribution in [1.82, 2.24) is 5.32 Å². The summed E-state index contributed by atoms with van der Waals surface area (Å²) < 4.78 is 5.32. The Morgan fingerprint density at radius 3 is 2.47 bits per heavy atom. The van der Waals surface area contributed by atoms with Crippen LogP contribution in [0.2, 0.25) is 0 Å². The van der Waals surface area contributed by atoms with E-state index in [-0.39, 0.29) is 5.91 Å². The second kappa shape index (κ2) is 10.6. The molecule has 19 heavy (non-hydrogen) atoms. The van der Waals surface area contributed by atoms with Crippen molar-refractivity contribution < 1.29 is 9.53 Å². The highest BCUT2D eigenvalue weighted by Gasteiger charge is 2.36. The summed E-state index contributed by atoms with van der Waals surface area (Å²) in [7, 11) is 0. The molecule has 0 aliphatic carbocycles. The lowest BCUT2D eigenvalue weighted by Crippen LogP contribution is -2.41. The number of carbonyl (C=O) groups is 1. The van der Waals surface area contributed by atoms with Gasteiger partial charge in [0.15, 0.2) is 0 Å². The number of hydrogen-bond donors (Lipinski definition) is 1. The molecule has 0 aliphatic rings. The number of nitrogens with one attached hydrogen (secondary N) is 1. The van der Waals surface area contributed by atoms with E-state index in [9.17, 15) is 10.1 Å². The van der Waals surface area contributed by atoms with E-state index in [1.54, 1.807) is 6.08 Å². The van der Waals surface area contributed by atoms with Crippen LogP contribution in [0.4, 0.5) is 0 Å². The van der Waals surface area contributed by atoms with Gasteiger partial charge in [0.1, 0.15) is 5.41 Å². The summed E-state index contributed by atoms with van der Waals surface area (Å²) in [6, 6.07) is 2.21. The predicted octanol–water partition coefficient (Wildman–Crippen LogP) is 2.81. The monoisotopic (exact) mass is 266 g/mol. The van der Waals surface area contributed by atoms with E-state index in [1.165, 1.54) is 0 Å². The lowest BCUT2D eigenvalue weighted by atomic mass is 9.80. The summed E-state index contributed by atoms with van der Waals surface area (Å²) in [5, 5.41) is 12.1. The number of hydrogen-bond acceptors (Lipinski definition) is 3. The average Bonchev–Trinajstić information content (AvgIpc) is 2.42. The summed E-state index contributed by atoms with van der Waals surface area (Å²) in [6.45, 7) is 9.13. The topological polar surface area (TPSA) is 62.1 Å². The highest BCUT2D eigenvalue weighted by atomic mass is 16.5. The van der Waals surface area contributed by atoms with Crippen LogP contribution in [0.5, 0.6) is 0 Å². The van der Waals surface area contributed by atoms with Crippen molar-refractivity contribution in [3.8, 4) is 6.07 Å². The molecule has 0 radical (unpaired) electrons. The van der Waals surface area contributed by atoms with Crippen molar-refractivity contribution in [2.24, 2.45) is 5.41 Å². The molecule has 4 nitrogen and oxygen atoms in total. The van der Waals surface area contributed by atoms with E-state index in [1.807, 2.05) is 13.8 Å². The number of nitrogens with zero attached hydrogens (tertiary/aromatic N) is 1. The predicted molar refractivity (Wildman–Crippen MR) is 76.5 cm³/mol. The summed E-state index contributed by atoms with van der Waals surface area (Å²) in [6.07, 6.45) is 5.48. The molecule has 4 heteroatoms. The first-order valence-corrected chi connectivity index (χ1v) is 7.05. The minimum atomic E-state index is -0.870. The average molecular weight is 266 g/mol. The van der Waals surface area contributed by atoms with Crippen LogP contribution < -0.4 is 5.32 Å². The normalized spacial score (nSPS) is 10.8. The highest BCUT2D eigenvalue weighted by Crippen LogP contribution is 2.29. The Kier molecular flexibility index (Phi) is 9.82. The maximum Gasteiger partial charge on any atom is 0.240 e. The van der Waals surface area contributed by atoms with Crippen LogP contribution in [0.25, 0.3) is 0 Å². The molecule has 1 N–H and O–H groups in total. The zero-order valence-electron chi connectivity index (χ0n) is 12.2. The largest absolute Gasteiger partial charge is 0.379 e. The van der Waals surface area contributed by atoms with Crippen molar-refractivity contribution in [3.63, 3.8) is 0 Å². The number of ether oxygens (including phenoxy) is 1. The zero-order chi connectivity index (χ0) is 14.6. The van der Waals surface area contributed by atoms with E-state index in [0.717, 1.165) is 19.3 Å². The van der Waals surface area contributed by atoms with E-state index in [4.69, 9.17) is 4.74 Å². The van der Waals surface area contributed by atoms with Crippen molar-refractivity contribution in [2.45, 2.75) is 46.0 Å². The van der Waals surface area contributed by atoms with Gasteiger partial charge in [0.25, 0.3) is 0 Å². The highest BCUT2D eigenvalue weighted by molar-refractivity contribution is 5.85. The van der Waals surface area contributed by atoms with Gasteiger partial charge in [-0.1, -0.05) is 32.8 Å². The molecule has 0 unspecified atom stereocenters. The molecule has 108 valence electrons. The fraction of sp³-hybridized carbons (Fsp3) is 0.733. The van der Waals surface area contributed by atoms with E-state index in [2.05, 4.69) is 18.0 Å². The van der Waals surface area contributed by atoms with Crippen molar-refractivity contribution in [3.05, 3.63) is 12.7 Å². The number of carbonyl (C=O) groups excluding carboxylic acids is 1. The maximum absolute atomic E-state index is 12.2. The fourth-order valence-electron chi connectivity index (χ4n) is 2.04. The number of amides is 1. The number of nitriles is 1. The Morgan fingerprint density at radius 1 is 1.37 bits per heavy atom. The zero-order valence-corrected chi connectivity index (χ0v) is 12.2. The van der Waals surface area contributed by atoms with Gasteiger partial charge in [-0.25, -0.2) is 0 Å². The lowest BCUT2D eigenvalue weighted by Gasteiger charge is -2.24. The third kappa shape index (κ3) is 6.40. The Balaban J connectivity index is 4.18. The summed E-state index contributed by atoms with van der Waals surface area (Å²) in [4.78, 5) is 12.2. The molecule has 0 atom stereocenters. The van der Waals surface area contributed by atoms with Gasteiger partial charge in [-0.15, -0.1) is 6.58 Å². The van der Waals surface area contributed by atoms with Crippen molar-refractivity contribution >= 4 is 5.91 Å². The Labute approximate surface area is 116 Å². The van der Waals surface area contributed by atoms with Crippen LogP contribution in [-0.2, 0) is 9.53 Å². The molecule has 0 bridgehead atoms. The molecule has 0 heterocycles. The molecule has 0 saturated heterocycles. The van der Waals surface area contributed by atoms with Gasteiger partial charge in [-0.3, -0.25) is 4.79 Å². The van der Waals surface area contributed by atoms with E-state index >= 15 is 0 Å². The second-order valence-corrected chi connectivity index (χ2v) is 4.64. The van der Waals surface area contributed by atoms with Crippen LogP contribution in [0.3, 0.4) is 0 Å². The van der Waals surface area contributed by atoms with Gasteiger partial charge in [0.05, 0.1) is 19.3 Å². The minimum Gasteiger partial charge on any atom is -0.379 e. The second-order valence-electron chi connectivity index (χ2n) is 4.64. The molecule has 0 spiro atoms. The van der Waals surface area contributed by atoms with Gasteiger partial charge in [-0.05, 0) is 19.3 Å². The first-order chi connectivity index (χ1) is 9.16. The summed E-state index contributed by atoms with van der Waals surface area (Å²) >= 11 is 0. The Morgan fingerprint density at radius 2 is 2.00 bits per heavy atom. The van der Waals surface area contributed by atoms with Crippen LogP contribution >= 0.6 is 0 Å².